The molecule has 1 saturated heterocycles. The second-order valence-electron chi connectivity index (χ2n) is 10.5. The first-order valence-corrected chi connectivity index (χ1v) is 14.2. The molecule has 7 nitrogen and oxygen atoms in total. The van der Waals surface area contributed by atoms with Crippen LogP contribution < -0.4 is 9.80 Å². The quantitative estimate of drug-likeness (QED) is 0.308. The van der Waals surface area contributed by atoms with Crippen LogP contribution in [-0.4, -0.2) is 60.2 Å². The lowest BCUT2D eigenvalue weighted by Crippen LogP contribution is -2.47. The Morgan fingerprint density at radius 3 is 2.49 bits per heavy atom. The van der Waals surface area contributed by atoms with Crippen molar-refractivity contribution in [3.05, 3.63) is 54.1 Å². The fourth-order valence-electron chi connectivity index (χ4n) is 6.17. The molecule has 1 saturated carbocycles. The first kappa shape index (κ1) is 24.2. The maximum Gasteiger partial charge on any atom is 0.413 e. The van der Waals surface area contributed by atoms with E-state index in [9.17, 15) is 9.90 Å². The maximum atomic E-state index is 11.7. The average molecular weight is 519 g/mol. The lowest BCUT2D eigenvalue weighted by atomic mass is 9.77. The second-order valence-corrected chi connectivity index (χ2v) is 11.3. The summed E-state index contributed by atoms with van der Waals surface area (Å²) in [5.41, 5.74) is 1.84. The number of nitrogens with zero attached hydrogens (tertiary/aromatic N) is 4. The van der Waals surface area contributed by atoms with Gasteiger partial charge in [-0.15, -0.1) is 0 Å². The molecular weight excluding hydrogens is 484 g/mol. The summed E-state index contributed by atoms with van der Waals surface area (Å²) in [4.78, 5) is 18.0. The Morgan fingerprint density at radius 1 is 1.03 bits per heavy atom. The Hall–Kier alpha value is -3.10. The van der Waals surface area contributed by atoms with Crippen LogP contribution >= 0.6 is 11.5 Å². The van der Waals surface area contributed by atoms with E-state index >= 15 is 0 Å². The third kappa shape index (κ3) is 4.80. The third-order valence-corrected chi connectivity index (χ3v) is 9.16. The molecule has 1 aliphatic carbocycles. The number of carboxylic acid groups (broad SMARTS) is 1. The van der Waals surface area contributed by atoms with Crippen LogP contribution in [-0.2, 0) is 0 Å². The zero-order chi connectivity index (χ0) is 25.4. The number of furan rings is 1. The summed E-state index contributed by atoms with van der Waals surface area (Å²) in [5.74, 6) is 2.71. The number of para-hydroxylation sites is 1. The van der Waals surface area contributed by atoms with Gasteiger partial charge in [0.25, 0.3) is 0 Å². The molecule has 4 aromatic rings. The molecule has 2 aliphatic rings. The summed E-state index contributed by atoms with van der Waals surface area (Å²) in [6, 6.07) is 16.5. The standard InChI is InChI=1S/C29H34N4O3S/c1-31(29(34)35)28-26(22-6-2-4-8-24(22)36-28)21-12-10-20(11-13-21)14-15-32-16-18-33(19-17-32)27-23-7-3-5-9-25(23)37-30-27/h2-9,20-21H,10-19H2,1H3,(H,34,35). The first-order chi connectivity index (χ1) is 18.1. The lowest BCUT2D eigenvalue weighted by molar-refractivity contribution is 0.202. The highest BCUT2D eigenvalue weighted by molar-refractivity contribution is 7.13. The van der Waals surface area contributed by atoms with Gasteiger partial charge in [-0.25, -0.2) is 4.79 Å². The number of benzene rings is 2. The summed E-state index contributed by atoms with van der Waals surface area (Å²) in [7, 11) is 1.58. The minimum atomic E-state index is -0.989. The van der Waals surface area contributed by atoms with Gasteiger partial charge < -0.3 is 14.4 Å². The topological polar surface area (TPSA) is 73.1 Å². The number of anilines is 2. The van der Waals surface area contributed by atoms with Crippen LogP contribution in [0, 0.1) is 5.92 Å². The second kappa shape index (κ2) is 10.3. The molecule has 1 N–H and O–H groups in total. The van der Waals surface area contributed by atoms with Gasteiger partial charge in [-0.2, -0.15) is 4.37 Å². The fourth-order valence-corrected chi connectivity index (χ4v) is 6.97. The van der Waals surface area contributed by atoms with Gasteiger partial charge in [-0.05, 0) is 80.2 Å². The molecule has 0 bridgehead atoms. The number of carbonyl (C=O) groups is 1. The summed E-state index contributed by atoms with van der Waals surface area (Å²) >= 11 is 1.60. The molecule has 0 atom stereocenters. The Kier molecular flexibility index (Phi) is 6.78. The fraction of sp³-hybridized carbons (Fsp3) is 0.448. The van der Waals surface area contributed by atoms with Gasteiger partial charge in [0.2, 0.25) is 5.88 Å². The third-order valence-electron chi connectivity index (χ3n) is 8.34. The molecule has 0 radical (unpaired) electrons. The Balaban J connectivity index is 1.03. The summed E-state index contributed by atoms with van der Waals surface area (Å²) in [6.07, 6.45) is 4.78. The molecule has 6 rings (SSSR count). The van der Waals surface area contributed by atoms with Crippen LogP contribution in [0.1, 0.15) is 43.6 Å². The molecule has 2 aromatic carbocycles. The normalized spacial score (nSPS) is 21.1. The Labute approximate surface area is 221 Å². The van der Waals surface area contributed by atoms with Crippen LogP contribution in [0.5, 0.6) is 0 Å². The van der Waals surface area contributed by atoms with Crippen LogP contribution in [0.15, 0.2) is 52.9 Å². The minimum Gasteiger partial charge on any atom is -0.465 e. The number of piperazine rings is 1. The predicted octanol–water partition coefficient (Wildman–Crippen LogP) is 6.64. The highest BCUT2D eigenvalue weighted by Crippen LogP contribution is 2.45. The molecule has 37 heavy (non-hydrogen) atoms. The van der Waals surface area contributed by atoms with Crippen molar-refractivity contribution in [3.8, 4) is 0 Å². The van der Waals surface area contributed by atoms with Crippen molar-refractivity contribution in [2.45, 2.75) is 38.0 Å². The average Bonchev–Trinajstić information content (AvgIpc) is 3.54. The van der Waals surface area contributed by atoms with Gasteiger partial charge >= 0.3 is 6.09 Å². The Morgan fingerprint density at radius 2 is 1.73 bits per heavy atom. The molecule has 3 heterocycles. The predicted molar refractivity (Wildman–Crippen MR) is 150 cm³/mol. The van der Waals surface area contributed by atoms with Gasteiger partial charge in [0.15, 0.2) is 0 Å². The SMILES string of the molecule is CN(C(=O)O)c1oc2ccccc2c1C1CCC(CCN2CCN(c3nsc4ccccc34)CC2)CC1. The van der Waals surface area contributed by atoms with Gasteiger partial charge in [0.1, 0.15) is 11.4 Å². The van der Waals surface area contributed by atoms with Gasteiger partial charge in [0.05, 0.1) is 4.70 Å². The molecule has 0 unspecified atom stereocenters. The summed E-state index contributed by atoms with van der Waals surface area (Å²) < 4.78 is 12.0. The van der Waals surface area contributed by atoms with E-state index in [1.807, 2.05) is 18.2 Å². The zero-order valence-electron chi connectivity index (χ0n) is 21.3. The smallest absolute Gasteiger partial charge is 0.413 e. The number of hydrogen-bond acceptors (Lipinski definition) is 6. The van der Waals surface area contributed by atoms with Crippen molar-refractivity contribution in [1.29, 1.82) is 0 Å². The van der Waals surface area contributed by atoms with E-state index in [4.69, 9.17) is 8.79 Å². The van der Waals surface area contributed by atoms with Crippen LogP contribution in [0.4, 0.5) is 16.5 Å². The molecule has 0 spiro atoms. The zero-order valence-corrected chi connectivity index (χ0v) is 22.1. The summed E-state index contributed by atoms with van der Waals surface area (Å²) in [6.45, 7) is 5.41. The number of hydrogen-bond donors (Lipinski definition) is 1. The van der Waals surface area contributed by atoms with E-state index in [1.54, 1.807) is 18.6 Å². The molecule has 1 aliphatic heterocycles. The van der Waals surface area contributed by atoms with Gasteiger partial charge in [0, 0.05) is 49.6 Å². The minimum absolute atomic E-state index is 0.341. The highest BCUT2D eigenvalue weighted by Gasteiger charge is 2.31. The van der Waals surface area contributed by atoms with Gasteiger partial charge in [-0.3, -0.25) is 9.80 Å². The van der Waals surface area contributed by atoms with E-state index in [-0.39, 0.29) is 0 Å². The maximum absolute atomic E-state index is 11.7. The number of amides is 1. The number of aromatic nitrogens is 1. The highest BCUT2D eigenvalue weighted by atomic mass is 32.1. The lowest BCUT2D eigenvalue weighted by Gasteiger charge is -2.36. The van der Waals surface area contributed by atoms with Crippen molar-refractivity contribution in [3.63, 3.8) is 0 Å². The monoisotopic (exact) mass is 518 g/mol. The first-order valence-electron chi connectivity index (χ1n) is 13.4. The summed E-state index contributed by atoms with van der Waals surface area (Å²) in [5, 5.41) is 11.9. The Bertz CT molecular complexity index is 1380. The van der Waals surface area contributed by atoms with Crippen molar-refractivity contribution < 1.29 is 14.3 Å². The van der Waals surface area contributed by atoms with Crippen molar-refractivity contribution in [2.75, 3.05) is 49.6 Å². The largest absolute Gasteiger partial charge is 0.465 e. The van der Waals surface area contributed by atoms with E-state index in [0.29, 0.717) is 11.8 Å². The van der Waals surface area contributed by atoms with E-state index in [0.717, 1.165) is 73.8 Å². The van der Waals surface area contributed by atoms with E-state index in [1.165, 1.54) is 34.2 Å². The van der Waals surface area contributed by atoms with Crippen molar-refractivity contribution >= 4 is 50.4 Å². The van der Waals surface area contributed by atoms with Crippen LogP contribution in [0.3, 0.4) is 0 Å². The van der Waals surface area contributed by atoms with Crippen molar-refractivity contribution in [2.24, 2.45) is 5.92 Å². The molecule has 194 valence electrons. The van der Waals surface area contributed by atoms with Crippen LogP contribution in [0.2, 0.25) is 0 Å². The molecule has 2 fully saturated rings. The molecule has 1 amide bonds. The number of fused-ring (bicyclic) bond motifs is 2. The van der Waals surface area contributed by atoms with E-state index in [2.05, 4.69) is 40.1 Å². The molecule has 2 aromatic heterocycles. The van der Waals surface area contributed by atoms with Crippen LogP contribution in [0.25, 0.3) is 21.1 Å². The van der Waals surface area contributed by atoms with Gasteiger partial charge in [-0.1, -0.05) is 30.3 Å². The number of rotatable bonds is 6. The van der Waals surface area contributed by atoms with E-state index < -0.39 is 6.09 Å². The van der Waals surface area contributed by atoms with Crippen molar-refractivity contribution in [1.82, 2.24) is 9.27 Å². The molecular formula is C29H34N4O3S. The molecule has 8 heteroatoms.